The topological polar surface area (TPSA) is 97.1 Å². The van der Waals surface area contributed by atoms with Gasteiger partial charge in [0, 0.05) is 29.8 Å². The van der Waals surface area contributed by atoms with Gasteiger partial charge in [-0.3, -0.25) is 9.59 Å². The zero-order valence-corrected chi connectivity index (χ0v) is 18.3. The number of hydrogen-bond acceptors (Lipinski definition) is 6. The second-order valence-electron chi connectivity index (χ2n) is 7.43. The number of fused-ring (bicyclic) bond motifs is 1. The number of carbonyl (C=O) groups excluding carboxylic acids is 2. The van der Waals surface area contributed by atoms with Crippen LogP contribution in [-0.4, -0.2) is 22.0 Å². The Hall–Kier alpha value is -3.52. The number of carbonyl (C=O) groups is 2. The molecule has 2 aromatic carbocycles. The van der Waals surface area contributed by atoms with E-state index in [1.807, 2.05) is 55.6 Å². The molecule has 0 saturated carbocycles. The molecule has 7 nitrogen and oxygen atoms in total. The summed E-state index contributed by atoms with van der Waals surface area (Å²) < 4.78 is 5.37. The fourth-order valence-electron chi connectivity index (χ4n) is 3.17. The highest BCUT2D eigenvalue weighted by molar-refractivity contribution is 7.14. The maximum atomic E-state index is 12.5. The van der Waals surface area contributed by atoms with E-state index in [0.29, 0.717) is 23.0 Å². The van der Waals surface area contributed by atoms with Gasteiger partial charge in [-0.25, -0.2) is 4.98 Å². The lowest BCUT2D eigenvalue weighted by molar-refractivity contribution is -0.119. The Morgan fingerprint density at radius 1 is 1.10 bits per heavy atom. The number of aryl methyl sites for hydroxylation is 2. The molecule has 0 saturated heterocycles. The Morgan fingerprint density at radius 3 is 2.58 bits per heavy atom. The number of aromatic nitrogens is 2. The summed E-state index contributed by atoms with van der Waals surface area (Å²) in [5.74, 6) is -0.257. The molecule has 2 aromatic heterocycles. The van der Waals surface area contributed by atoms with E-state index < -0.39 is 0 Å². The molecule has 8 heteroatoms. The van der Waals surface area contributed by atoms with Gasteiger partial charge in [0.05, 0.1) is 12.1 Å². The number of nitrogens with zero attached hydrogens (tertiary/aromatic N) is 2. The second-order valence-corrected chi connectivity index (χ2v) is 8.29. The fraction of sp³-hybridized carbons (Fsp3) is 0.217. The molecule has 4 aromatic rings. The van der Waals surface area contributed by atoms with Gasteiger partial charge in [0.15, 0.2) is 10.7 Å². The first-order valence-corrected chi connectivity index (χ1v) is 10.7. The van der Waals surface area contributed by atoms with Crippen LogP contribution in [-0.2, 0) is 22.6 Å². The van der Waals surface area contributed by atoms with E-state index in [1.165, 1.54) is 18.3 Å². The highest BCUT2D eigenvalue weighted by Gasteiger charge is 2.15. The summed E-state index contributed by atoms with van der Waals surface area (Å²) in [6, 6.07) is 11.7. The lowest BCUT2D eigenvalue weighted by atomic mass is 10.1. The van der Waals surface area contributed by atoms with E-state index in [0.717, 1.165) is 33.3 Å². The minimum Gasteiger partial charge on any atom is -0.356 e. The van der Waals surface area contributed by atoms with Crippen molar-refractivity contribution in [3.63, 3.8) is 0 Å². The van der Waals surface area contributed by atoms with Crippen LogP contribution in [0.4, 0.5) is 5.13 Å². The summed E-state index contributed by atoms with van der Waals surface area (Å²) in [4.78, 5) is 28.1. The van der Waals surface area contributed by atoms with E-state index in [2.05, 4.69) is 20.8 Å². The van der Waals surface area contributed by atoms with Crippen molar-refractivity contribution < 1.29 is 14.1 Å². The Labute approximate surface area is 183 Å². The summed E-state index contributed by atoms with van der Waals surface area (Å²) in [6.07, 6.45) is 0.113. The molecule has 0 radical (unpaired) electrons. The van der Waals surface area contributed by atoms with Gasteiger partial charge >= 0.3 is 0 Å². The number of hydrogen-bond donors (Lipinski definition) is 2. The zero-order valence-electron chi connectivity index (χ0n) is 17.5. The SMILES string of the molecule is CC(=O)NCc1ccc(-c2csc(NC(=O)Cc3noc4cc(C)c(C)cc34)n2)cc1. The van der Waals surface area contributed by atoms with Crippen molar-refractivity contribution in [1.29, 1.82) is 0 Å². The summed E-state index contributed by atoms with van der Waals surface area (Å²) in [5, 5.41) is 13.0. The number of nitrogens with one attached hydrogen (secondary N) is 2. The molecule has 0 atom stereocenters. The molecule has 0 spiro atoms. The van der Waals surface area contributed by atoms with Crippen LogP contribution >= 0.6 is 11.3 Å². The van der Waals surface area contributed by atoms with Crippen LogP contribution in [0, 0.1) is 13.8 Å². The third-order valence-corrected chi connectivity index (χ3v) is 5.79. The van der Waals surface area contributed by atoms with Crippen LogP contribution in [0.1, 0.15) is 29.3 Å². The molecular weight excluding hydrogens is 412 g/mol. The lowest BCUT2D eigenvalue weighted by Gasteiger charge is -2.03. The predicted molar refractivity (Wildman–Crippen MR) is 121 cm³/mol. The molecule has 4 rings (SSSR count). The molecule has 0 fully saturated rings. The third-order valence-electron chi connectivity index (χ3n) is 5.03. The van der Waals surface area contributed by atoms with Crippen molar-refractivity contribution in [3.05, 3.63) is 64.2 Å². The maximum absolute atomic E-state index is 12.5. The summed E-state index contributed by atoms with van der Waals surface area (Å²) in [5.41, 5.74) is 6.28. The van der Waals surface area contributed by atoms with E-state index in [-0.39, 0.29) is 18.2 Å². The van der Waals surface area contributed by atoms with Crippen molar-refractivity contribution in [1.82, 2.24) is 15.5 Å². The largest absolute Gasteiger partial charge is 0.356 e. The average molecular weight is 435 g/mol. The number of rotatable bonds is 6. The van der Waals surface area contributed by atoms with Gasteiger partial charge in [0.1, 0.15) is 5.69 Å². The second kappa shape index (κ2) is 8.69. The van der Waals surface area contributed by atoms with Gasteiger partial charge in [0.25, 0.3) is 0 Å². The summed E-state index contributed by atoms with van der Waals surface area (Å²) in [7, 11) is 0. The molecule has 0 aliphatic heterocycles. The minimum absolute atomic E-state index is 0.0622. The summed E-state index contributed by atoms with van der Waals surface area (Å²) >= 11 is 1.37. The Morgan fingerprint density at radius 2 is 1.84 bits per heavy atom. The minimum atomic E-state index is -0.194. The summed E-state index contributed by atoms with van der Waals surface area (Å²) in [6.45, 7) is 6.02. The van der Waals surface area contributed by atoms with Crippen LogP contribution in [0.5, 0.6) is 0 Å². The van der Waals surface area contributed by atoms with Crippen LogP contribution in [0.3, 0.4) is 0 Å². The average Bonchev–Trinajstić information content (AvgIpc) is 3.35. The third kappa shape index (κ3) is 4.80. The van der Waals surface area contributed by atoms with E-state index >= 15 is 0 Å². The predicted octanol–water partition coefficient (Wildman–Crippen LogP) is 4.39. The van der Waals surface area contributed by atoms with Crippen molar-refractivity contribution in [2.45, 2.75) is 33.7 Å². The smallest absolute Gasteiger partial charge is 0.232 e. The lowest BCUT2D eigenvalue weighted by Crippen LogP contribution is -2.18. The van der Waals surface area contributed by atoms with Crippen LogP contribution < -0.4 is 10.6 Å². The molecule has 0 aliphatic carbocycles. The maximum Gasteiger partial charge on any atom is 0.232 e. The van der Waals surface area contributed by atoms with Gasteiger partial charge < -0.3 is 15.2 Å². The normalized spacial score (nSPS) is 10.9. The first-order valence-electron chi connectivity index (χ1n) is 9.83. The van der Waals surface area contributed by atoms with E-state index in [9.17, 15) is 9.59 Å². The molecule has 0 unspecified atom stereocenters. The standard InChI is InChI=1S/C23H22N4O3S/c1-13-8-18-19(27-30-21(18)9-14(13)2)10-22(29)26-23-25-20(12-31-23)17-6-4-16(5-7-17)11-24-15(3)28/h4-9,12H,10-11H2,1-3H3,(H,24,28)(H,25,26,29). The van der Waals surface area contributed by atoms with Crippen molar-refractivity contribution in [2.24, 2.45) is 0 Å². The van der Waals surface area contributed by atoms with Gasteiger partial charge in [-0.05, 0) is 42.7 Å². The van der Waals surface area contributed by atoms with Crippen LogP contribution in [0.2, 0.25) is 0 Å². The Bertz CT molecular complexity index is 1260. The van der Waals surface area contributed by atoms with Crippen molar-refractivity contribution in [3.8, 4) is 11.3 Å². The van der Waals surface area contributed by atoms with Crippen LogP contribution in [0.25, 0.3) is 22.2 Å². The molecule has 31 heavy (non-hydrogen) atoms. The Kier molecular flexibility index (Phi) is 5.81. The van der Waals surface area contributed by atoms with Crippen molar-refractivity contribution in [2.75, 3.05) is 5.32 Å². The Balaban J connectivity index is 1.41. The zero-order chi connectivity index (χ0) is 22.0. The number of thiazole rings is 1. The highest BCUT2D eigenvalue weighted by Crippen LogP contribution is 2.26. The number of anilines is 1. The van der Waals surface area contributed by atoms with Gasteiger partial charge in [0.2, 0.25) is 11.8 Å². The first-order chi connectivity index (χ1) is 14.9. The molecular formula is C23H22N4O3S. The van der Waals surface area contributed by atoms with E-state index in [1.54, 1.807) is 0 Å². The highest BCUT2D eigenvalue weighted by atomic mass is 32.1. The van der Waals surface area contributed by atoms with E-state index in [4.69, 9.17) is 4.52 Å². The molecule has 0 aliphatic rings. The van der Waals surface area contributed by atoms with Gasteiger partial charge in [-0.1, -0.05) is 29.4 Å². The first kappa shape index (κ1) is 20.7. The fourth-order valence-corrected chi connectivity index (χ4v) is 3.91. The van der Waals surface area contributed by atoms with Crippen molar-refractivity contribution >= 4 is 39.3 Å². The monoisotopic (exact) mass is 434 g/mol. The number of amides is 2. The van der Waals surface area contributed by atoms with Gasteiger partial charge in [-0.15, -0.1) is 11.3 Å². The quantitative estimate of drug-likeness (QED) is 0.469. The molecule has 2 N–H and O–H groups in total. The number of benzene rings is 2. The molecule has 2 amide bonds. The molecule has 2 heterocycles. The molecule has 0 bridgehead atoms. The van der Waals surface area contributed by atoms with Gasteiger partial charge in [-0.2, -0.15) is 0 Å². The van der Waals surface area contributed by atoms with Crippen LogP contribution in [0.15, 0.2) is 46.3 Å². The molecule has 158 valence electrons.